The van der Waals surface area contributed by atoms with Crippen molar-refractivity contribution in [2.24, 2.45) is 0 Å². The minimum absolute atomic E-state index is 0.0992. The number of thioether (sulfide) groups is 1. The van der Waals surface area contributed by atoms with Crippen LogP contribution in [0.2, 0.25) is 0 Å². The van der Waals surface area contributed by atoms with E-state index in [1.54, 1.807) is 40.9 Å². The fourth-order valence-electron chi connectivity index (χ4n) is 3.18. The van der Waals surface area contributed by atoms with Gasteiger partial charge in [-0.15, -0.1) is 11.8 Å². The molecule has 0 bridgehead atoms. The van der Waals surface area contributed by atoms with Crippen LogP contribution < -0.4 is 5.32 Å². The minimum Gasteiger partial charge on any atom is -0.350 e. The molecule has 1 saturated heterocycles. The molecule has 2 unspecified atom stereocenters. The van der Waals surface area contributed by atoms with Crippen molar-refractivity contribution in [1.82, 2.24) is 10.2 Å². The van der Waals surface area contributed by atoms with Crippen LogP contribution in [0, 0.1) is 5.82 Å². The first-order valence-electron chi connectivity index (χ1n) is 7.71. The molecule has 0 saturated carbocycles. The van der Waals surface area contributed by atoms with Crippen LogP contribution in [0.1, 0.15) is 26.9 Å². The summed E-state index contributed by atoms with van der Waals surface area (Å²) >= 11 is 1.59. The van der Waals surface area contributed by atoms with E-state index in [1.807, 2.05) is 18.2 Å². The third-order valence-corrected chi connectivity index (χ3v) is 5.71. The molecule has 2 amide bonds. The van der Waals surface area contributed by atoms with Crippen LogP contribution in [0.4, 0.5) is 4.39 Å². The molecule has 1 N–H and O–H groups in total. The minimum atomic E-state index is -0.522. The third-order valence-electron chi connectivity index (χ3n) is 4.41. The molecular weight excluding hydrogens is 327 g/mol. The fourth-order valence-corrected chi connectivity index (χ4v) is 4.65. The van der Waals surface area contributed by atoms with E-state index in [2.05, 4.69) is 5.32 Å². The van der Waals surface area contributed by atoms with Crippen LogP contribution >= 0.6 is 11.8 Å². The van der Waals surface area contributed by atoms with E-state index < -0.39 is 6.04 Å². The summed E-state index contributed by atoms with van der Waals surface area (Å²) < 4.78 is 13.7. The highest BCUT2D eigenvalue weighted by atomic mass is 32.2. The highest BCUT2D eigenvalue weighted by Gasteiger charge is 2.48. The molecule has 6 heteroatoms. The number of nitrogens with zero attached hydrogens (tertiary/aromatic N) is 1. The number of carbonyl (C=O) groups excluding carboxylic acids is 2. The zero-order chi connectivity index (χ0) is 16.7. The Morgan fingerprint density at radius 1 is 1.21 bits per heavy atom. The van der Waals surface area contributed by atoms with E-state index in [0.29, 0.717) is 16.9 Å². The molecule has 2 aromatic rings. The number of nitrogens with one attached hydrogen (secondary N) is 1. The maximum atomic E-state index is 13.7. The standard InChI is InChI=1S/C18H15FN2O2S/c19-14-8-4-1-5-11(14)9-20-16(22)15-10-24-18-13-7-3-2-6-12(13)17(23)21(15)18/h1-8,15,18H,9-10H2,(H,20,22). The average Bonchev–Trinajstić information content (AvgIpc) is 3.15. The van der Waals surface area contributed by atoms with E-state index in [4.69, 9.17) is 0 Å². The van der Waals surface area contributed by atoms with E-state index in [0.717, 1.165) is 5.56 Å². The predicted octanol–water partition coefficient (Wildman–Crippen LogP) is 2.71. The molecule has 1 fully saturated rings. The van der Waals surface area contributed by atoms with Gasteiger partial charge >= 0.3 is 0 Å². The molecule has 2 aliphatic heterocycles. The first-order valence-corrected chi connectivity index (χ1v) is 8.76. The van der Waals surface area contributed by atoms with Crippen molar-refractivity contribution in [3.05, 3.63) is 71.0 Å². The van der Waals surface area contributed by atoms with Gasteiger partial charge in [-0.1, -0.05) is 36.4 Å². The van der Waals surface area contributed by atoms with Gasteiger partial charge < -0.3 is 10.2 Å². The quantitative estimate of drug-likeness (QED) is 0.933. The number of hydrogen-bond acceptors (Lipinski definition) is 3. The molecule has 24 heavy (non-hydrogen) atoms. The molecule has 0 radical (unpaired) electrons. The summed E-state index contributed by atoms with van der Waals surface area (Å²) in [7, 11) is 0. The van der Waals surface area contributed by atoms with E-state index >= 15 is 0 Å². The second-order valence-corrected chi connectivity index (χ2v) is 6.92. The summed E-state index contributed by atoms with van der Waals surface area (Å²) in [5, 5.41) is 2.66. The van der Waals surface area contributed by atoms with E-state index in [-0.39, 0.29) is 29.6 Å². The van der Waals surface area contributed by atoms with Crippen molar-refractivity contribution >= 4 is 23.6 Å². The molecule has 0 aliphatic carbocycles. The molecule has 0 spiro atoms. The Kier molecular flexibility index (Phi) is 3.76. The van der Waals surface area contributed by atoms with E-state index in [1.165, 1.54) is 6.07 Å². The van der Waals surface area contributed by atoms with Crippen molar-refractivity contribution in [1.29, 1.82) is 0 Å². The Labute approximate surface area is 143 Å². The number of fused-ring (bicyclic) bond motifs is 3. The molecule has 122 valence electrons. The second-order valence-electron chi connectivity index (χ2n) is 5.81. The van der Waals surface area contributed by atoms with Gasteiger partial charge in [-0.25, -0.2) is 4.39 Å². The Hall–Kier alpha value is -2.34. The number of rotatable bonds is 3. The zero-order valence-electron chi connectivity index (χ0n) is 12.7. The lowest BCUT2D eigenvalue weighted by molar-refractivity contribution is -0.124. The summed E-state index contributed by atoms with van der Waals surface area (Å²) in [5.74, 6) is -0.143. The Morgan fingerprint density at radius 3 is 2.79 bits per heavy atom. The van der Waals surface area contributed by atoms with Crippen molar-refractivity contribution in [3.63, 3.8) is 0 Å². The lowest BCUT2D eigenvalue weighted by Crippen LogP contribution is -2.45. The van der Waals surface area contributed by atoms with Crippen LogP contribution in [-0.2, 0) is 11.3 Å². The molecule has 4 nitrogen and oxygen atoms in total. The highest BCUT2D eigenvalue weighted by molar-refractivity contribution is 7.99. The Balaban J connectivity index is 1.49. The van der Waals surface area contributed by atoms with Gasteiger partial charge in [-0.3, -0.25) is 9.59 Å². The van der Waals surface area contributed by atoms with E-state index in [9.17, 15) is 14.0 Å². The normalized spacial score (nSPS) is 21.5. The van der Waals surface area contributed by atoms with Crippen molar-refractivity contribution in [2.45, 2.75) is 18.0 Å². The van der Waals surface area contributed by atoms with Gasteiger partial charge in [0, 0.05) is 23.4 Å². The molecular formula is C18H15FN2O2S. The van der Waals surface area contributed by atoms with Gasteiger partial charge in [-0.2, -0.15) is 0 Å². The average molecular weight is 342 g/mol. The smallest absolute Gasteiger partial charge is 0.256 e. The van der Waals surface area contributed by atoms with Crippen molar-refractivity contribution in [2.75, 3.05) is 5.75 Å². The van der Waals surface area contributed by atoms with Crippen molar-refractivity contribution < 1.29 is 14.0 Å². The summed E-state index contributed by atoms with van der Waals surface area (Å²) in [6, 6.07) is 13.3. The largest absolute Gasteiger partial charge is 0.350 e. The SMILES string of the molecule is O=C(NCc1ccccc1F)C1CSC2c3ccccc3C(=O)N12. The molecule has 2 aromatic carbocycles. The van der Waals surface area contributed by atoms with Crippen LogP contribution in [-0.4, -0.2) is 28.5 Å². The Morgan fingerprint density at radius 2 is 1.96 bits per heavy atom. The van der Waals surface area contributed by atoms with Gasteiger partial charge in [0.1, 0.15) is 17.2 Å². The lowest BCUT2D eigenvalue weighted by Gasteiger charge is -2.22. The predicted molar refractivity (Wildman–Crippen MR) is 89.8 cm³/mol. The van der Waals surface area contributed by atoms with Crippen LogP contribution in [0.25, 0.3) is 0 Å². The van der Waals surface area contributed by atoms with Crippen LogP contribution in [0.5, 0.6) is 0 Å². The van der Waals surface area contributed by atoms with Gasteiger partial charge in [-0.05, 0) is 17.7 Å². The maximum absolute atomic E-state index is 13.7. The van der Waals surface area contributed by atoms with Gasteiger partial charge in [0.15, 0.2) is 0 Å². The monoisotopic (exact) mass is 342 g/mol. The number of halogens is 1. The number of hydrogen-bond donors (Lipinski definition) is 1. The van der Waals surface area contributed by atoms with Crippen molar-refractivity contribution in [3.8, 4) is 0 Å². The number of amides is 2. The first-order chi connectivity index (χ1) is 11.7. The molecule has 2 aliphatic rings. The van der Waals surface area contributed by atoms with Gasteiger partial charge in [0.25, 0.3) is 5.91 Å². The number of benzene rings is 2. The Bertz CT molecular complexity index is 826. The lowest BCUT2D eigenvalue weighted by atomic mass is 10.1. The molecule has 2 heterocycles. The topological polar surface area (TPSA) is 49.4 Å². The fraction of sp³-hybridized carbons (Fsp3) is 0.222. The van der Waals surface area contributed by atoms with Crippen LogP contribution in [0.15, 0.2) is 48.5 Å². The van der Waals surface area contributed by atoms with Crippen LogP contribution in [0.3, 0.4) is 0 Å². The molecule has 4 rings (SSSR count). The zero-order valence-corrected chi connectivity index (χ0v) is 13.6. The third kappa shape index (κ3) is 2.38. The first kappa shape index (κ1) is 15.2. The molecule has 2 atom stereocenters. The summed E-state index contributed by atoms with van der Waals surface area (Å²) in [5.41, 5.74) is 2.07. The summed E-state index contributed by atoms with van der Waals surface area (Å²) in [6.07, 6.45) is 0. The highest BCUT2D eigenvalue weighted by Crippen LogP contribution is 2.48. The van der Waals surface area contributed by atoms with Gasteiger partial charge in [0.05, 0.1) is 0 Å². The maximum Gasteiger partial charge on any atom is 0.256 e. The number of carbonyl (C=O) groups is 2. The second kappa shape index (κ2) is 5.94. The van der Waals surface area contributed by atoms with Gasteiger partial charge in [0.2, 0.25) is 5.91 Å². The molecule has 0 aromatic heterocycles. The summed E-state index contributed by atoms with van der Waals surface area (Å²) in [6.45, 7) is 0.117. The summed E-state index contributed by atoms with van der Waals surface area (Å²) in [4.78, 5) is 26.8.